The van der Waals surface area contributed by atoms with E-state index in [-0.39, 0.29) is 30.0 Å². The predicted octanol–water partition coefficient (Wildman–Crippen LogP) is 3.02. The molecule has 1 saturated heterocycles. The second-order valence-electron chi connectivity index (χ2n) is 7.01. The number of urea groups is 1. The van der Waals surface area contributed by atoms with E-state index < -0.39 is 12.1 Å². The van der Waals surface area contributed by atoms with E-state index >= 15 is 0 Å². The Kier molecular flexibility index (Phi) is 4.27. The van der Waals surface area contributed by atoms with Crippen LogP contribution in [0.3, 0.4) is 0 Å². The number of nitrogens with one attached hydrogen (secondary N) is 2. The summed E-state index contributed by atoms with van der Waals surface area (Å²) in [6.45, 7) is -0.136. The molecule has 8 nitrogen and oxygen atoms in total. The lowest BCUT2D eigenvalue weighted by atomic mass is 10.1. The van der Waals surface area contributed by atoms with Crippen LogP contribution in [-0.2, 0) is 17.8 Å². The second-order valence-corrected chi connectivity index (χ2v) is 7.01. The molecule has 0 saturated carbocycles. The summed E-state index contributed by atoms with van der Waals surface area (Å²) in [5.74, 6) is -0.354. The van der Waals surface area contributed by atoms with Crippen molar-refractivity contribution in [1.82, 2.24) is 25.3 Å². The maximum Gasteiger partial charge on any atom is 0.325 e. The summed E-state index contributed by atoms with van der Waals surface area (Å²) in [6.07, 6.45) is 2.22. The fourth-order valence-corrected chi connectivity index (χ4v) is 3.56. The number of benzene rings is 2. The third kappa shape index (κ3) is 3.20. The van der Waals surface area contributed by atoms with E-state index in [4.69, 9.17) is 4.52 Å². The van der Waals surface area contributed by atoms with Gasteiger partial charge in [0.05, 0.1) is 0 Å². The van der Waals surface area contributed by atoms with Gasteiger partial charge in [0.1, 0.15) is 18.4 Å². The van der Waals surface area contributed by atoms with Crippen LogP contribution in [0.1, 0.15) is 11.5 Å². The van der Waals surface area contributed by atoms with Crippen molar-refractivity contribution >= 4 is 22.8 Å². The highest BCUT2D eigenvalue weighted by Crippen LogP contribution is 2.22. The van der Waals surface area contributed by atoms with Crippen molar-refractivity contribution in [3.05, 3.63) is 72.0 Å². The number of rotatable bonds is 5. The summed E-state index contributed by atoms with van der Waals surface area (Å²) in [5.41, 5.74) is 2.49. The summed E-state index contributed by atoms with van der Waals surface area (Å²) in [4.78, 5) is 33.6. The molecule has 150 valence electrons. The van der Waals surface area contributed by atoms with Crippen molar-refractivity contribution in [3.8, 4) is 11.4 Å². The van der Waals surface area contributed by atoms with Gasteiger partial charge in [-0.1, -0.05) is 23.4 Å². The largest absolute Gasteiger partial charge is 0.361 e. The van der Waals surface area contributed by atoms with Gasteiger partial charge >= 0.3 is 6.03 Å². The van der Waals surface area contributed by atoms with Crippen LogP contribution < -0.4 is 5.32 Å². The molecule has 1 fully saturated rings. The number of imide groups is 1. The van der Waals surface area contributed by atoms with E-state index in [1.165, 1.54) is 24.3 Å². The van der Waals surface area contributed by atoms with Gasteiger partial charge in [0.2, 0.25) is 11.7 Å². The Bertz CT molecular complexity index is 1250. The molecule has 4 aromatic rings. The molecule has 30 heavy (non-hydrogen) atoms. The van der Waals surface area contributed by atoms with Gasteiger partial charge in [0, 0.05) is 29.1 Å². The second kappa shape index (κ2) is 7.11. The highest BCUT2D eigenvalue weighted by Gasteiger charge is 2.39. The normalized spacial score (nSPS) is 16.4. The van der Waals surface area contributed by atoms with E-state index in [1.54, 1.807) is 0 Å². The Morgan fingerprint density at radius 2 is 1.90 bits per heavy atom. The molecule has 1 aliphatic heterocycles. The first-order valence-electron chi connectivity index (χ1n) is 9.34. The summed E-state index contributed by atoms with van der Waals surface area (Å²) < 4.78 is 18.2. The van der Waals surface area contributed by atoms with Gasteiger partial charge < -0.3 is 14.8 Å². The van der Waals surface area contributed by atoms with Gasteiger partial charge in [0.15, 0.2) is 0 Å². The van der Waals surface area contributed by atoms with Crippen molar-refractivity contribution < 1.29 is 18.5 Å². The minimum Gasteiger partial charge on any atom is -0.361 e. The lowest BCUT2D eigenvalue weighted by Gasteiger charge is -2.10. The molecule has 0 unspecified atom stereocenters. The van der Waals surface area contributed by atoms with Crippen LogP contribution >= 0.6 is 0 Å². The van der Waals surface area contributed by atoms with Gasteiger partial charge in [-0.3, -0.25) is 9.69 Å². The van der Waals surface area contributed by atoms with Gasteiger partial charge in [0.25, 0.3) is 5.91 Å². The molecule has 2 aromatic carbocycles. The number of halogens is 1. The molecule has 0 bridgehead atoms. The third-order valence-electron chi connectivity index (χ3n) is 5.07. The first-order valence-corrected chi connectivity index (χ1v) is 9.34. The number of H-pyrrole nitrogens is 1. The number of aromatic nitrogens is 3. The molecule has 1 aliphatic rings. The minimum absolute atomic E-state index is 0.116. The maximum absolute atomic E-state index is 13.1. The van der Waals surface area contributed by atoms with E-state index in [9.17, 15) is 14.0 Å². The molecule has 9 heteroatoms. The maximum atomic E-state index is 13.1. The number of hydrogen-bond acceptors (Lipinski definition) is 5. The Morgan fingerprint density at radius 1 is 1.10 bits per heavy atom. The van der Waals surface area contributed by atoms with Gasteiger partial charge in [-0.2, -0.15) is 4.98 Å². The van der Waals surface area contributed by atoms with Crippen molar-refractivity contribution in [2.24, 2.45) is 0 Å². The average Bonchev–Trinajstić information content (AvgIpc) is 3.44. The standard InChI is InChI=1S/C21H16FN5O3/c22-14-7-5-12(6-8-14)19-25-18(30-26-19)11-27-20(28)17(24-21(27)29)9-13-10-23-16-4-2-1-3-15(13)16/h1-8,10,17,23H,9,11H2,(H,24,29)/t17-/m1/s1. The molecule has 0 radical (unpaired) electrons. The molecule has 5 rings (SSSR count). The van der Waals surface area contributed by atoms with Crippen LogP contribution in [0.2, 0.25) is 0 Å². The summed E-state index contributed by atoms with van der Waals surface area (Å²) in [7, 11) is 0. The number of carbonyl (C=O) groups excluding carboxylic acids is 2. The van der Waals surface area contributed by atoms with E-state index in [2.05, 4.69) is 20.4 Å². The fraction of sp³-hybridized carbons (Fsp3) is 0.143. The number of para-hydroxylation sites is 1. The Labute approximate surface area is 169 Å². The lowest BCUT2D eigenvalue weighted by Crippen LogP contribution is -2.32. The molecule has 2 N–H and O–H groups in total. The lowest BCUT2D eigenvalue weighted by molar-refractivity contribution is -0.128. The highest BCUT2D eigenvalue weighted by atomic mass is 19.1. The van der Waals surface area contributed by atoms with Crippen LogP contribution in [0.25, 0.3) is 22.3 Å². The molecule has 3 heterocycles. The molecule has 0 aliphatic carbocycles. The number of amides is 3. The summed E-state index contributed by atoms with van der Waals surface area (Å²) in [5, 5.41) is 7.57. The first-order chi connectivity index (χ1) is 14.6. The van der Waals surface area contributed by atoms with Crippen molar-refractivity contribution in [3.63, 3.8) is 0 Å². The number of nitrogens with zero attached hydrogens (tertiary/aromatic N) is 3. The number of aromatic amines is 1. The molecular formula is C21H16FN5O3. The molecule has 0 spiro atoms. The van der Waals surface area contributed by atoms with Crippen LogP contribution in [-0.4, -0.2) is 38.0 Å². The van der Waals surface area contributed by atoms with Gasteiger partial charge in [-0.15, -0.1) is 0 Å². The summed E-state index contributed by atoms with van der Waals surface area (Å²) in [6, 6.07) is 12.2. The zero-order chi connectivity index (χ0) is 20.7. The van der Waals surface area contributed by atoms with Gasteiger partial charge in [-0.05, 0) is 35.9 Å². The SMILES string of the molecule is O=C1N[C@H](Cc2c[nH]c3ccccc23)C(=O)N1Cc1nc(-c2ccc(F)cc2)no1. The van der Waals surface area contributed by atoms with Crippen molar-refractivity contribution in [1.29, 1.82) is 0 Å². The quantitative estimate of drug-likeness (QED) is 0.497. The topological polar surface area (TPSA) is 104 Å². The van der Waals surface area contributed by atoms with Crippen molar-refractivity contribution in [2.45, 2.75) is 19.0 Å². The monoisotopic (exact) mass is 405 g/mol. The van der Waals surface area contributed by atoms with Crippen LogP contribution in [0.5, 0.6) is 0 Å². The first kappa shape index (κ1) is 18.0. The number of carbonyl (C=O) groups is 2. The van der Waals surface area contributed by atoms with E-state index in [1.807, 2.05) is 30.5 Å². The highest BCUT2D eigenvalue weighted by molar-refractivity contribution is 6.04. The van der Waals surface area contributed by atoms with Crippen molar-refractivity contribution in [2.75, 3.05) is 0 Å². The summed E-state index contributed by atoms with van der Waals surface area (Å²) >= 11 is 0. The predicted molar refractivity (Wildman–Crippen MR) is 105 cm³/mol. The smallest absolute Gasteiger partial charge is 0.325 e. The minimum atomic E-state index is -0.670. The van der Waals surface area contributed by atoms with Gasteiger partial charge in [-0.25, -0.2) is 9.18 Å². The number of hydrogen-bond donors (Lipinski definition) is 2. The Balaban J connectivity index is 1.31. The molecule has 3 amide bonds. The third-order valence-corrected chi connectivity index (χ3v) is 5.07. The number of fused-ring (bicyclic) bond motifs is 1. The van der Waals surface area contributed by atoms with Crippen LogP contribution in [0.4, 0.5) is 9.18 Å². The zero-order valence-corrected chi connectivity index (χ0v) is 15.6. The Morgan fingerprint density at radius 3 is 2.73 bits per heavy atom. The Hall–Kier alpha value is -4.01. The molecule has 1 atom stereocenters. The fourth-order valence-electron chi connectivity index (χ4n) is 3.56. The molecular weight excluding hydrogens is 389 g/mol. The average molecular weight is 405 g/mol. The zero-order valence-electron chi connectivity index (χ0n) is 15.6. The van der Waals surface area contributed by atoms with Crippen LogP contribution in [0, 0.1) is 5.82 Å². The van der Waals surface area contributed by atoms with E-state index in [0.717, 1.165) is 21.4 Å². The van der Waals surface area contributed by atoms with Crippen LogP contribution in [0.15, 0.2) is 59.3 Å². The van der Waals surface area contributed by atoms with E-state index in [0.29, 0.717) is 12.0 Å². The molecule has 2 aromatic heterocycles.